The van der Waals surface area contributed by atoms with Crippen LogP contribution in [0.5, 0.6) is 5.75 Å². The van der Waals surface area contributed by atoms with Gasteiger partial charge < -0.3 is 9.84 Å². The predicted molar refractivity (Wildman–Crippen MR) is 109 cm³/mol. The van der Waals surface area contributed by atoms with Crippen molar-refractivity contribution in [3.05, 3.63) is 50.7 Å². The number of hydrogen-bond acceptors (Lipinski definition) is 7. The number of rotatable bonds is 10. The monoisotopic (exact) mass is 426 g/mol. The highest BCUT2D eigenvalue weighted by Gasteiger charge is 2.15. The molecule has 0 saturated heterocycles. The molecule has 28 heavy (non-hydrogen) atoms. The Bertz CT molecular complexity index is 915. The molecule has 2 rings (SSSR count). The maximum absolute atomic E-state index is 12.1. The summed E-state index contributed by atoms with van der Waals surface area (Å²) in [6, 6.07) is 6.61. The number of phenols is 1. The number of esters is 1. The van der Waals surface area contributed by atoms with Crippen molar-refractivity contribution < 1.29 is 27.2 Å². The number of hydrogen-bond donors (Lipinski definition) is 1. The van der Waals surface area contributed by atoms with Gasteiger partial charge in [-0.2, -0.15) is 8.42 Å². The molecule has 0 amide bonds. The quantitative estimate of drug-likeness (QED) is 0.349. The van der Waals surface area contributed by atoms with Crippen LogP contribution in [0.1, 0.15) is 51.0 Å². The Morgan fingerprint density at radius 1 is 1.14 bits per heavy atom. The van der Waals surface area contributed by atoms with Gasteiger partial charge in [0.2, 0.25) is 0 Å². The van der Waals surface area contributed by atoms with Crippen LogP contribution in [-0.2, 0) is 31.2 Å². The second-order valence-corrected chi connectivity index (χ2v) is 9.32. The van der Waals surface area contributed by atoms with Crippen LogP contribution in [0, 0.1) is 13.8 Å². The summed E-state index contributed by atoms with van der Waals surface area (Å²) in [6.07, 6.45) is 2.10. The number of ether oxygens (including phenoxy) is 1. The lowest BCUT2D eigenvalue weighted by atomic mass is 10.1. The Hall–Kier alpha value is -1.90. The fourth-order valence-corrected chi connectivity index (χ4v) is 4.79. The summed E-state index contributed by atoms with van der Waals surface area (Å²) in [5.41, 5.74) is 2.22. The minimum atomic E-state index is -3.70. The van der Waals surface area contributed by atoms with Gasteiger partial charge in [0, 0.05) is 4.88 Å². The molecule has 8 heteroatoms. The molecule has 1 heterocycles. The molecule has 154 valence electrons. The van der Waals surface area contributed by atoms with E-state index in [1.54, 1.807) is 26.0 Å². The first-order valence-corrected chi connectivity index (χ1v) is 11.5. The van der Waals surface area contributed by atoms with E-state index in [0.717, 1.165) is 23.3 Å². The molecule has 1 N–H and O–H groups in total. The minimum absolute atomic E-state index is 0.0706. The molecule has 0 fully saturated rings. The van der Waals surface area contributed by atoms with Crippen LogP contribution >= 0.6 is 11.3 Å². The standard InChI is InChI=1S/C20H26O6S2/c1-4-25-20(22)19-11-15(3)18(27-19)7-5-6-10-26-28(23,24)13-16-9-8-14(2)17(21)12-16/h8-9,11-12,21H,4-7,10,13H2,1-3H3. The normalized spacial score (nSPS) is 11.5. The molecule has 0 aliphatic heterocycles. The van der Waals surface area contributed by atoms with E-state index in [4.69, 9.17) is 8.92 Å². The Morgan fingerprint density at radius 2 is 1.89 bits per heavy atom. The van der Waals surface area contributed by atoms with Crippen molar-refractivity contribution in [3.8, 4) is 5.75 Å². The Kier molecular flexibility index (Phi) is 8.03. The average Bonchev–Trinajstić information content (AvgIpc) is 2.99. The summed E-state index contributed by atoms with van der Waals surface area (Å²) in [5, 5.41) is 9.68. The number of thiophene rings is 1. The minimum Gasteiger partial charge on any atom is -0.508 e. The van der Waals surface area contributed by atoms with Gasteiger partial charge in [-0.3, -0.25) is 4.18 Å². The number of benzene rings is 1. The first kappa shape index (κ1) is 22.4. The first-order valence-electron chi connectivity index (χ1n) is 9.14. The van der Waals surface area contributed by atoms with E-state index in [9.17, 15) is 18.3 Å². The van der Waals surface area contributed by atoms with E-state index >= 15 is 0 Å². The highest BCUT2D eigenvalue weighted by molar-refractivity contribution is 7.85. The van der Waals surface area contributed by atoms with E-state index < -0.39 is 10.1 Å². The molecule has 0 bridgehead atoms. The van der Waals surface area contributed by atoms with E-state index in [1.165, 1.54) is 17.4 Å². The molecule has 0 aliphatic carbocycles. The van der Waals surface area contributed by atoms with Gasteiger partial charge in [-0.05, 0) is 68.9 Å². The third-order valence-corrected chi connectivity index (χ3v) is 6.66. The van der Waals surface area contributed by atoms with Gasteiger partial charge in [-0.25, -0.2) is 4.79 Å². The van der Waals surface area contributed by atoms with Crippen LogP contribution in [0.3, 0.4) is 0 Å². The van der Waals surface area contributed by atoms with Crippen LogP contribution in [-0.4, -0.2) is 32.7 Å². The van der Waals surface area contributed by atoms with Crippen molar-refractivity contribution in [2.75, 3.05) is 13.2 Å². The van der Waals surface area contributed by atoms with E-state index in [1.807, 2.05) is 13.0 Å². The topological polar surface area (TPSA) is 89.9 Å². The largest absolute Gasteiger partial charge is 0.508 e. The molecule has 0 aliphatic rings. The summed E-state index contributed by atoms with van der Waals surface area (Å²) in [5.74, 6) is -0.507. The highest BCUT2D eigenvalue weighted by atomic mass is 32.2. The molecular formula is C20H26O6S2. The smallest absolute Gasteiger partial charge is 0.348 e. The molecular weight excluding hydrogens is 400 g/mol. The summed E-state index contributed by atoms with van der Waals surface area (Å²) in [4.78, 5) is 13.5. The Labute approximate surface area is 170 Å². The molecule has 0 radical (unpaired) electrons. The third kappa shape index (κ3) is 6.61. The lowest BCUT2D eigenvalue weighted by Gasteiger charge is -2.07. The molecule has 6 nitrogen and oxygen atoms in total. The van der Waals surface area contributed by atoms with Crippen LogP contribution in [0.25, 0.3) is 0 Å². The van der Waals surface area contributed by atoms with Gasteiger partial charge in [0.1, 0.15) is 16.4 Å². The average molecular weight is 427 g/mol. The van der Waals surface area contributed by atoms with Gasteiger partial charge in [-0.1, -0.05) is 12.1 Å². The number of aromatic hydroxyl groups is 1. The van der Waals surface area contributed by atoms with Gasteiger partial charge in [0.15, 0.2) is 0 Å². The number of carbonyl (C=O) groups excluding carboxylic acids is 1. The molecule has 0 spiro atoms. The fourth-order valence-electron chi connectivity index (χ4n) is 2.63. The van der Waals surface area contributed by atoms with Crippen molar-refractivity contribution in [2.45, 2.75) is 45.8 Å². The van der Waals surface area contributed by atoms with Gasteiger partial charge in [0.05, 0.1) is 13.2 Å². The lowest BCUT2D eigenvalue weighted by molar-refractivity contribution is 0.0532. The van der Waals surface area contributed by atoms with Gasteiger partial charge in [0.25, 0.3) is 10.1 Å². The van der Waals surface area contributed by atoms with Gasteiger partial charge >= 0.3 is 5.97 Å². The van der Waals surface area contributed by atoms with Crippen LogP contribution in [0.4, 0.5) is 0 Å². The predicted octanol–water partition coefficient (Wildman–Crippen LogP) is 4.12. The van der Waals surface area contributed by atoms with Crippen molar-refractivity contribution in [1.82, 2.24) is 0 Å². The molecule has 2 aromatic rings. The SMILES string of the molecule is CCOC(=O)c1cc(C)c(CCCCOS(=O)(=O)Cc2ccc(C)c(O)c2)s1. The number of unbranched alkanes of at least 4 members (excludes halogenated alkanes) is 1. The van der Waals surface area contributed by atoms with E-state index in [2.05, 4.69) is 0 Å². The van der Waals surface area contributed by atoms with E-state index in [0.29, 0.717) is 29.0 Å². The second-order valence-electron chi connectivity index (χ2n) is 6.54. The summed E-state index contributed by atoms with van der Waals surface area (Å²) in [6.45, 7) is 5.92. The zero-order valence-electron chi connectivity index (χ0n) is 16.4. The lowest BCUT2D eigenvalue weighted by Crippen LogP contribution is -2.10. The molecule has 0 unspecified atom stereocenters. The molecule has 0 atom stereocenters. The second kappa shape index (κ2) is 10.0. The molecule has 1 aromatic heterocycles. The molecule has 0 saturated carbocycles. The summed E-state index contributed by atoms with van der Waals surface area (Å²) >= 11 is 1.42. The van der Waals surface area contributed by atoms with Crippen LogP contribution in [0.2, 0.25) is 0 Å². The van der Waals surface area contributed by atoms with Crippen molar-refractivity contribution in [3.63, 3.8) is 0 Å². The number of phenolic OH excluding ortho intramolecular Hbond substituents is 1. The third-order valence-electron chi connectivity index (χ3n) is 4.18. The van der Waals surface area contributed by atoms with Crippen molar-refractivity contribution in [1.29, 1.82) is 0 Å². The maximum atomic E-state index is 12.1. The van der Waals surface area contributed by atoms with Crippen molar-refractivity contribution in [2.24, 2.45) is 0 Å². The van der Waals surface area contributed by atoms with Crippen LogP contribution < -0.4 is 0 Å². The summed E-state index contributed by atoms with van der Waals surface area (Å²) < 4.78 is 34.2. The Morgan fingerprint density at radius 3 is 2.57 bits per heavy atom. The van der Waals surface area contributed by atoms with Gasteiger partial charge in [-0.15, -0.1) is 11.3 Å². The van der Waals surface area contributed by atoms with Crippen LogP contribution in [0.15, 0.2) is 24.3 Å². The fraction of sp³-hybridized carbons (Fsp3) is 0.450. The zero-order valence-corrected chi connectivity index (χ0v) is 18.0. The van der Waals surface area contributed by atoms with Crippen molar-refractivity contribution >= 4 is 27.4 Å². The highest BCUT2D eigenvalue weighted by Crippen LogP contribution is 2.24. The molecule has 1 aromatic carbocycles. The number of carbonyl (C=O) groups is 1. The number of aryl methyl sites for hydroxylation is 3. The summed E-state index contributed by atoms with van der Waals surface area (Å²) in [7, 11) is -3.70. The zero-order chi connectivity index (χ0) is 20.7. The first-order chi connectivity index (χ1) is 13.2. The maximum Gasteiger partial charge on any atom is 0.348 e. The Balaban J connectivity index is 1.77. The van der Waals surface area contributed by atoms with E-state index in [-0.39, 0.29) is 24.1 Å².